The quantitative estimate of drug-likeness (QED) is 0.295. The molecule has 0 atom stereocenters. The van der Waals surface area contributed by atoms with Crippen LogP contribution in [0.4, 0.5) is 0 Å². The molecule has 0 saturated heterocycles. The summed E-state index contributed by atoms with van der Waals surface area (Å²) in [6.45, 7) is 1.53. The van der Waals surface area contributed by atoms with Gasteiger partial charge in [0, 0.05) is 10.6 Å². The highest BCUT2D eigenvalue weighted by Gasteiger charge is 2.14. The Balaban J connectivity index is 0.000000204. The summed E-state index contributed by atoms with van der Waals surface area (Å²) in [5.74, 6) is 0.0664. The molecule has 0 N–H and O–H groups in total. The molecule has 0 aromatic heterocycles. The van der Waals surface area contributed by atoms with E-state index in [1.54, 1.807) is 24.3 Å². The van der Waals surface area contributed by atoms with Gasteiger partial charge in [-0.15, -0.1) is 0 Å². The Morgan fingerprint density at radius 1 is 0.586 bits per heavy atom. The molecular weight excluding hydrogens is 395 g/mol. The Morgan fingerprint density at radius 2 is 0.931 bits per heavy atom. The van der Waals surface area contributed by atoms with Crippen molar-refractivity contribution in [1.29, 1.82) is 0 Å². The normalized spacial score (nSPS) is 10.2. The van der Waals surface area contributed by atoms with Crippen molar-refractivity contribution in [2.24, 2.45) is 0 Å². The lowest BCUT2D eigenvalue weighted by Crippen LogP contribution is -2.20. The van der Waals surface area contributed by atoms with Gasteiger partial charge < -0.3 is 0 Å². The number of carbonyl (C=O) groups excluding carboxylic acids is 1. The monoisotopic (exact) mass is 416 g/mol. The van der Waals surface area contributed by atoms with Crippen LogP contribution in [0.2, 0.25) is 5.02 Å². The van der Waals surface area contributed by atoms with Crippen LogP contribution >= 0.6 is 19.5 Å². The number of hydrogen-bond acceptors (Lipinski definition) is 1. The summed E-state index contributed by atoms with van der Waals surface area (Å²) < 4.78 is 0. The minimum absolute atomic E-state index is 0.0664. The van der Waals surface area contributed by atoms with Crippen LogP contribution in [0.25, 0.3) is 0 Å². The molecule has 3 heteroatoms. The summed E-state index contributed by atoms with van der Waals surface area (Å²) in [7, 11) is -0.446. The molecule has 4 rings (SSSR count). The fourth-order valence-electron chi connectivity index (χ4n) is 2.86. The highest BCUT2D eigenvalue weighted by molar-refractivity contribution is 7.79. The molecule has 144 valence electrons. The van der Waals surface area contributed by atoms with Gasteiger partial charge in [0.1, 0.15) is 0 Å². The third kappa shape index (κ3) is 6.12. The van der Waals surface area contributed by atoms with Gasteiger partial charge in [-0.2, -0.15) is 0 Å². The van der Waals surface area contributed by atoms with Gasteiger partial charge in [-0.1, -0.05) is 103 Å². The van der Waals surface area contributed by atoms with Crippen LogP contribution in [0.5, 0.6) is 0 Å². The fourth-order valence-corrected chi connectivity index (χ4v) is 5.29. The summed E-state index contributed by atoms with van der Waals surface area (Å²) in [5, 5.41) is 4.85. The average molecular weight is 417 g/mol. The van der Waals surface area contributed by atoms with Crippen molar-refractivity contribution in [2.45, 2.75) is 6.92 Å². The van der Waals surface area contributed by atoms with Gasteiger partial charge in [0.2, 0.25) is 0 Å². The number of rotatable bonds is 4. The third-order valence-corrected chi connectivity index (χ3v) is 6.99. The van der Waals surface area contributed by atoms with Gasteiger partial charge in [0.15, 0.2) is 5.78 Å². The van der Waals surface area contributed by atoms with Gasteiger partial charge >= 0.3 is 0 Å². The van der Waals surface area contributed by atoms with Gasteiger partial charge in [0.05, 0.1) is 0 Å². The molecule has 0 unspecified atom stereocenters. The molecular formula is C26H22ClOP. The zero-order chi connectivity index (χ0) is 20.5. The van der Waals surface area contributed by atoms with Crippen molar-refractivity contribution in [2.75, 3.05) is 0 Å². The number of halogens is 1. The molecule has 0 aliphatic rings. The summed E-state index contributed by atoms with van der Waals surface area (Å²) >= 11 is 5.61. The lowest BCUT2D eigenvalue weighted by atomic mass is 10.2. The van der Waals surface area contributed by atoms with Crippen molar-refractivity contribution in [3.8, 4) is 0 Å². The molecule has 0 aliphatic heterocycles. The minimum Gasteiger partial charge on any atom is -0.295 e. The number of ketones is 1. The predicted molar refractivity (Wildman–Crippen MR) is 127 cm³/mol. The van der Waals surface area contributed by atoms with Crippen molar-refractivity contribution < 1.29 is 4.79 Å². The van der Waals surface area contributed by atoms with Crippen molar-refractivity contribution in [1.82, 2.24) is 0 Å². The molecule has 0 amide bonds. The molecule has 0 radical (unpaired) electrons. The van der Waals surface area contributed by atoms with E-state index in [9.17, 15) is 4.79 Å². The highest BCUT2D eigenvalue weighted by Crippen LogP contribution is 2.32. The molecule has 0 fully saturated rings. The van der Waals surface area contributed by atoms with E-state index < -0.39 is 7.92 Å². The maximum atomic E-state index is 10.7. The first-order valence-corrected chi connectivity index (χ1v) is 11.1. The van der Waals surface area contributed by atoms with Crippen LogP contribution in [0.3, 0.4) is 0 Å². The second-order valence-corrected chi connectivity index (χ2v) is 9.06. The zero-order valence-electron chi connectivity index (χ0n) is 16.2. The topological polar surface area (TPSA) is 17.1 Å². The Labute approximate surface area is 178 Å². The van der Waals surface area contributed by atoms with E-state index in [1.807, 2.05) is 0 Å². The van der Waals surface area contributed by atoms with Crippen LogP contribution in [0.15, 0.2) is 115 Å². The average Bonchev–Trinajstić information content (AvgIpc) is 2.77. The van der Waals surface area contributed by atoms with Crippen LogP contribution in [0, 0.1) is 0 Å². The van der Waals surface area contributed by atoms with E-state index in [1.165, 1.54) is 22.8 Å². The van der Waals surface area contributed by atoms with Crippen LogP contribution in [-0.2, 0) is 0 Å². The van der Waals surface area contributed by atoms with E-state index in [0.717, 1.165) is 0 Å². The summed E-state index contributed by atoms with van der Waals surface area (Å²) in [6, 6.07) is 39.2. The van der Waals surface area contributed by atoms with Gasteiger partial charge in [-0.3, -0.25) is 4.79 Å². The van der Waals surface area contributed by atoms with Crippen molar-refractivity contribution in [3.63, 3.8) is 0 Å². The molecule has 29 heavy (non-hydrogen) atoms. The smallest absolute Gasteiger partial charge is 0.159 e. The van der Waals surface area contributed by atoms with E-state index >= 15 is 0 Å². The first kappa shape index (κ1) is 21.0. The zero-order valence-corrected chi connectivity index (χ0v) is 17.9. The standard InChI is InChI=1S/C18H15P.C8H7ClO/c1-4-10-16(11-5-1)19(17-12-6-2-7-13-17)18-14-8-3-9-15-18;1-6(10)7-2-4-8(9)5-3-7/h1-15H;2-5H,1H3. The number of hydrogen-bond donors (Lipinski definition) is 0. The summed E-state index contributed by atoms with van der Waals surface area (Å²) in [6.07, 6.45) is 0. The Morgan fingerprint density at radius 3 is 1.24 bits per heavy atom. The van der Waals surface area contributed by atoms with Crippen LogP contribution in [0.1, 0.15) is 17.3 Å². The lowest BCUT2D eigenvalue weighted by Gasteiger charge is -2.18. The molecule has 0 aliphatic carbocycles. The number of benzene rings is 4. The minimum atomic E-state index is -0.446. The summed E-state index contributed by atoms with van der Waals surface area (Å²) in [5.41, 5.74) is 0.699. The SMILES string of the molecule is CC(=O)c1ccc(Cl)cc1.c1ccc(P(c2ccccc2)c2ccccc2)cc1. The van der Waals surface area contributed by atoms with E-state index in [2.05, 4.69) is 91.0 Å². The maximum Gasteiger partial charge on any atom is 0.159 e. The van der Waals surface area contributed by atoms with Crippen molar-refractivity contribution in [3.05, 3.63) is 126 Å². The maximum absolute atomic E-state index is 10.7. The van der Waals surface area contributed by atoms with Crippen LogP contribution < -0.4 is 15.9 Å². The summed E-state index contributed by atoms with van der Waals surface area (Å²) in [4.78, 5) is 10.7. The van der Waals surface area contributed by atoms with E-state index in [4.69, 9.17) is 11.6 Å². The molecule has 0 spiro atoms. The predicted octanol–water partition coefficient (Wildman–Crippen LogP) is 5.99. The third-order valence-electron chi connectivity index (χ3n) is 4.29. The second-order valence-electron chi connectivity index (χ2n) is 6.41. The Kier molecular flexibility index (Phi) is 7.76. The molecule has 1 nitrogen and oxygen atoms in total. The molecule has 0 saturated carbocycles. The number of carbonyl (C=O) groups is 1. The van der Waals surface area contributed by atoms with Gasteiger partial charge in [-0.25, -0.2) is 0 Å². The molecule has 0 bridgehead atoms. The van der Waals surface area contributed by atoms with E-state index in [-0.39, 0.29) is 5.78 Å². The second kappa shape index (κ2) is 10.7. The highest BCUT2D eigenvalue weighted by atomic mass is 35.5. The van der Waals surface area contributed by atoms with Crippen LogP contribution in [-0.4, -0.2) is 5.78 Å². The van der Waals surface area contributed by atoms with Gasteiger partial charge in [-0.05, 0) is 55.0 Å². The van der Waals surface area contributed by atoms with E-state index in [0.29, 0.717) is 10.6 Å². The Hall–Kier alpha value is -2.73. The molecule has 4 aromatic carbocycles. The first-order valence-electron chi connectivity index (χ1n) is 9.37. The number of Topliss-reactive ketones (excluding diaryl/α,β-unsaturated/α-hetero) is 1. The Bertz CT molecular complexity index is 923. The lowest BCUT2D eigenvalue weighted by molar-refractivity contribution is 0.101. The molecule has 0 heterocycles. The first-order chi connectivity index (χ1) is 14.1. The van der Waals surface area contributed by atoms with Crippen molar-refractivity contribution >= 4 is 41.2 Å². The largest absolute Gasteiger partial charge is 0.295 e. The van der Waals surface area contributed by atoms with Gasteiger partial charge in [0.25, 0.3) is 0 Å². The molecule has 4 aromatic rings. The fraction of sp³-hybridized carbons (Fsp3) is 0.0385.